The van der Waals surface area contributed by atoms with Gasteiger partial charge in [-0.1, -0.05) is 18.1 Å². The molecule has 0 saturated carbocycles. The fraction of sp³-hybridized carbons (Fsp3) is 0.522. The topological polar surface area (TPSA) is 132 Å². The van der Waals surface area contributed by atoms with Gasteiger partial charge in [-0.3, -0.25) is 19.2 Å². The minimum atomic E-state index is -1.90. The molecule has 0 radical (unpaired) electrons. The summed E-state index contributed by atoms with van der Waals surface area (Å²) in [5.74, 6) is 5.42. The summed E-state index contributed by atoms with van der Waals surface area (Å²) in [4.78, 5) is 61.2. The second-order valence-corrected chi connectivity index (χ2v) is 6.58. The van der Waals surface area contributed by atoms with Crippen molar-refractivity contribution in [1.82, 2.24) is 0 Å². The molecule has 0 unspecified atom stereocenters. The monoisotopic (exact) mass is 464 g/mol. The maximum Gasteiger partial charge on any atom is 0.384 e. The molecular formula is C23H28O10. The molecule has 0 aromatic carbocycles. The molecule has 0 fully saturated rings. The molecule has 0 N–H and O–H groups in total. The largest absolute Gasteiger partial charge is 0.468 e. The smallest absolute Gasteiger partial charge is 0.384 e. The van der Waals surface area contributed by atoms with E-state index >= 15 is 0 Å². The van der Waals surface area contributed by atoms with Gasteiger partial charge in [0.1, 0.15) is 0 Å². The van der Waals surface area contributed by atoms with Crippen LogP contribution in [0.2, 0.25) is 0 Å². The maximum absolute atomic E-state index is 12.5. The average molecular weight is 464 g/mol. The van der Waals surface area contributed by atoms with E-state index in [4.69, 9.17) is 18.9 Å². The Morgan fingerprint density at radius 2 is 1.00 bits per heavy atom. The summed E-state index contributed by atoms with van der Waals surface area (Å²) in [6.07, 6.45) is 1.78. The molecule has 0 atom stereocenters. The molecule has 0 aliphatic carbocycles. The first kappa shape index (κ1) is 29.2. The van der Waals surface area contributed by atoms with Crippen molar-refractivity contribution >= 4 is 29.8 Å². The van der Waals surface area contributed by atoms with E-state index in [1.807, 2.05) is 0 Å². The summed E-state index contributed by atoms with van der Waals surface area (Å²) >= 11 is 0. The van der Waals surface area contributed by atoms with Gasteiger partial charge in [0.05, 0.1) is 35.5 Å². The maximum atomic E-state index is 12.5. The zero-order chi connectivity index (χ0) is 25.5. The third-order valence-electron chi connectivity index (χ3n) is 4.74. The van der Waals surface area contributed by atoms with Gasteiger partial charge in [0.2, 0.25) is 0 Å². The Bertz CT molecular complexity index is 860. The van der Waals surface area contributed by atoms with Crippen molar-refractivity contribution in [2.24, 2.45) is 10.8 Å². The molecule has 0 aliphatic rings. The molecule has 0 aliphatic heterocycles. The quantitative estimate of drug-likeness (QED) is 0.115. The molecule has 10 nitrogen and oxygen atoms in total. The number of rotatable bonds is 10. The number of carbonyl (C=O) groups is 5. The molecule has 0 amide bonds. The van der Waals surface area contributed by atoms with E-state index in [2.05, 4.69) is 28.4 Å². The van der Waals surface area contributed by atoms with E-state index in [0.717, 1.165) is 35.5 Å². The normalized spacial score (nSPS) is 10.6. The highest BCUT2D eigenvalue weighted by Crippen LogP contribution is 2.33. The van der Waals surface area contributed by atoms with Crippen molar-refractivity contribution in [3.05, 3.63) is 12.2 Å². The van der Waals surface area contributed by atoms with Gasteiger partial charge in [0.15, 0.2) is 10.8 Å². The summed E-state index contributed by atoms with van der Waals surface area (Å²) in [5, 5.41) is 0. The number of hydrogen-bond acceptors (Lipinski definition) is 10. The Balaban J connectivity index is 6.14. The highest BCUT2D eigenvalue weighted by molar-refractivity contribution is 6.01. The lowest BCUT2D eigenvalue weighted by Crippen LogP contribution is -2.41. The first-order valence-electron chi connectivity index (χ1n) is 9.60. The first-order valence-corrected chi connectivity index (χ1v) is 9.60. The zero-order valence-corrected chi connectivity index (χ0v) is 19.6. The molecule has 0 rings (SSSR count). The molecule has 0 heterocycles. The zero-order valence-electron chi connectivity index (χ0n) is 19.6. The minimum absolute atomic E-state index is 0.170. The first-order chi connectivity index (χ1) is 15.6. The van der Waals surface area contributed by atoms with Crippen LogP contribution in [-0.2, 0) is 47.7 Å². The van der Waals surface area contributed by atoms with Crippen LogP contribution < -0.4 is 0 Å². The summed E-state index contributed by atoms with van der Waals surface area (Å²) in [6, 6.07) is 0. The average Bonchev–Trinajstić information content (AvgIpc) is 2.84. The van der Waals surface area contributed by atoms with Crippen molar-refractivity contribution in [2.45, 2.75) is 32.6 Å². The van der Waals surface area contributed by atoms with Crippen molar-refractivity contribution in [3.8, 4) is 23.7 Å². The fourth-order valence-corrected chi connectivity index (χ4v) is 2.84. The highest BCUT2D eigenvalue weighted by atomic mass is 16.6. The summed E-state index contributed by atoms with van der Waals surface area (Å²) < 4.78 is 23.5. The van der Waals surface area contributed by atoms with Crippen LogP contribution in [0.3, 0.4) is 0 Å². The van der Waals surface area contributed by atoms with E-state index < -0.39 is 47.1 Å². The Hall–Kier alpha value is -3.79. The summed E-state index contributed by atoms with van der Waals surface area (Å²) in [6.45, 7) is 1.55. The highest BCUT2D eigenvalue weighted by Gasteiger charge is 2.48. The predicted molar refractivity (Wildman–Crippen MR) is 114 cm³/mol. The predicted octanol–water partition coefficient (Wildman–Crippen LogP) is 0.968. The molecule has 33 heavy (non-hydrogen) atoms. The van der Waals surface area contributed by atoms with E-state index in [1.54, 1.807) is 6.92 Å². The lowest BCUT2D eigenvalue weighted by atomic mass is 9.79. The van der Waals surface area contributed by atoms with Gasteiger partial charge < -0.3 is 23.7 Å². The Morgan fingerprint density at radius 3 is 1.30 bits per heavy atom. The lowest BCUT2D eigenvalue weighted by Gasteiger charge is -2.26. The van der Waals surface area contributed by atoms with E-state index in [0.29, 0.717) is 0 Å². The van der Waals surface area contributed by atoms with Crippen LogP contribution in [0.1, 0.15) is 32.6 Å². The van der Waals surface area contributed by atoms with Gasteiger partial charge in [0, 0.05) is 18.8 Å². The molecule has 0 aromatic heterocycles. The lowest BCUT2D eigenvalue weighted by molar-refractivity contribution is -0.170. The van der Waals surface area contributed by atoms with Crippen LogP contribution in [0.25, 0.3) is 0 Å². The van der Waals surface area contributed by atoms with Crippen LogP contribution in [0.15, 0.2) is 12.2 Å². The third kappa shape index (κ3) is 7.39. The number of esters is 5. The molecule has 10 heteroatoms. The van der Waals surface area contributed by atoms with Gasteiger partial charge in [-0.2, -0.15) is 0 Å². The minimum Gasteiger partial charge on any atom is -0.468 e. The molecule has 0 saturated heterocycles. The fourth-order valence-electron chi connectivity index (χ4n) is 2.84. The van der Waals surface area contributed by atoms with Crippen LogP contribution in [0, 0.1) is 34.5 Å². The van der Waals surface area contributed by atoms with E-state index in [9.17, 15) is 24.0 Å². The molecule has 0 aromatic rings. The van der Waals surface area contributed by atoms with Crippen molar-refractivity contribution in [1.29, 1.82) is 0 Å². The van der Waals surface area contributed by atoms with Gasteiger partial charge >= 0.3 is 29.8 Å². The molecule has 0 bridgehead atoms. The van der Waals surface area contributed by atoms with Gasteiger partial charge in [-0.15, -0.1) is 11.8 Å². The van der Waals surface area contributed by atoms with Crippen molar-refractivity contribution in [2.75, 3.05) is 35.5 Å². The third-order valence-corrected chi connectivity index (χ3v) is 4.74. The number of allylic oxidation sites excluding steroid dienone is 2. The SMILES string of the molecule is CC#CCC(C/C=C/CC(CC#CC(=O)OC)(C(=O)OC)C(=O)OC)(C(=O)OC)C(=O)OC. The van der Waals surface area contributed by atoms with E-state index in [1.165, 1.54) is 12.2 Å². The standard InChI is InChI=1S/C23H28O10/c1-7-8-13-22(18(25)30-3,19(26)31-4)14-9-10-15-23(20(27)32-5,21(28)33-6)16-11-12-17(24)29-2/h9-10H,13-16H2,1-6H3/b10-9+. The summed E-state index contributed by atoms with van der Waals surface area (Å²) in [5.41, 5.74) is -3.64. The van der Waals surface area contributed by atoms with Crippen LogP contribution in [0.4, 0.5) is 0 Å². The number of methoxy groups -OCH3 is 5. The molecule has 0 spiro atoms. The molecular weight excluding hydrogens is 436 g/mol. The van der Waals surface area contributed by atoms with Gasteiger partial charge in [-0.25, -0.2) is 4.79 Å². The Kier molecular flexibility index (Phi) is 12.7. The van der Waals surface area contributed by atoms with Crippen LogP contribution in [-0.4, -0.2) is 65.4 Å². The second kappa shape index (κ2) is 14.3. The summed E-state index contributed by atoms with van der Waals surface area (Å²) in [7, 11) is 5.55. The molecule has 180 valence electrons. The van der Waals surface area contributed by atoms with Crippen molar-refractivity contribution < 1.29 is 47.7 Å². The van der Waals surface area contributed by atoms with Gasteiger partial charge in [0.25, 0.3) is 0 Å². The second-order valence-electron chi connectivity index (χ2n) is 6.58. The van der Waals surface area contributed by atoms with Crippen molar-refractivity contribution in [3.63, 3.8) is 0 Å². The number of carbonyl (C=O) groups excluding carboxylic acids is 5. The van der Waals surface area contributed by atoms with Crippen LogP contribution in [0.5, 0.6) is 0 Å². The van der Waals surface area contributed by atoms with E-state index in [-0.39, 0.29) is 19.3 Å². The number of ether oxygens (including phenoxy) is 5. The Morgan fingerprint density at radius 1 is 0.636 bits per heavy atom. The van der Waals surface area contributed by atoms with Crippen LogP contribution >= 0.6 is 0 Å². The number of hydrogen-bond donors (Lipinski definition) is 0. The van der Waals surface area contributed by atoms with Gasteiger partial charge in [-0.05, 0) is 19.8 Å². The Labute approximate surface area is 192 Å².